The molecule has 0 aromatic carbocycles. The summed E-state index contributed by atoms with van der Waals surface area (Å²) >= 11 is 2.98. The van der Waals surface area contributed by atoms with Gasteiger partial charge in [0, 0.05) is 6.20 Å². The highest BCUT2D eigenvalue weighted by atomic mass is 79.9. The fourth-order valence-electron chi connectivity index (χ4n) is 2.06. The number of hydrogen-bond donors (Lipinski definition) is 0. The van der Waals surface area contributed by atoms with Crippen LogP contribution in [0.3, 0.4) is 0 Å². The van der Waals surface area contributed by atoms with Crippen LogP contribution >= 0.6 is 15.9 Å². The molecule has 0 atom stereocenters. The molecule has 0 saturated heterocycles. The number of nitrogens with zero attached hydrogens (tertiary/aromatic N) is 1. The van der Waals surface area contributed by atoms with E-state index in [0.717, 1.165) is 25.7 Å². The van der Waals surface area contributed by atoms with E-state index in [1.807, 2.05) is 0 Å². The van der Waals surface area contributed by atoms with Crippen LogP contribution in [0.5, 0.6) is 0 Å². The summed E-state index contributed by atoms with van der Waals surface area (Å²) in [5, 5.41) is 0. The summed E-state index contributed by atoms with van der Waals surface area (Å²) in [5.41, 5.74) is 0. The Bertz CT molecular complexity index is 391. The van der Waals surface area contributed by atoms with Crippen molar-refractivity contribution in [2.75, 3.05) is 0 Å². The highest BCUT2D eigenvalue weighted by molar-refractivity contribution is 9.21. The zero-order valence-corrected chi connectivity index (χ0v) is 10.1. The van der Waals surface area contributed by atoms with Crippen LogP contribution < -0.4 is 0 Å². The van der Waals surface area contributed by atoms with Crippen molar-refractivity contribution in [3.63, 3.8) is 0 Å². The summed E-state index contributed by atoms with van der Waals surface area (Å²) in [4.78, 5) is 4.35. The third-order valence-electron chi connectivity index (χ3n) is 2.83. The normalized spacial score (nSPS) is 27.2. The van der Waals surface area contributed by atoms with Crippen LogP contribution in [0.2, 0.25) is 0 Å². The summed E-state index contributed by atoms with van der Waals surface area (Å²) in [6.07, 6.45) is 6.98. The molecule has 2 rings (SSSR count). The van der Waals surface area contributed by atoms with Gasteiger partial charge in [-0.3, -0.25) is 0 Å². The number of sulfone groups is 1. The second-order valence-corrected chi connectivity index (χ2v) is 6.89. The molecule has 3 nitrogen and oxygen atoms in total. The van der Waals surface area contributed by atoms with Gasteiger partial charge in [0.25, 0.3) is 0 Å². The van der Waals surface area contributed by atoms with E-state index in [4.69, 9.17) is 0 Å². The van der Waals surface area contributed by atoms with Gasteiger partial charge < -0.3 is 0 Å². The lowest BCUT2D eigenvalue weighted by Gasteiger charge is -2.21. The van der Waals surface area contributed by atoms with Gasteiger partial charge in [-0.2, -0.15) is 0 Å². The molecule has 0 spiro atoms. The highest BCUT2D eigenvalue weighted by Crippen LogP contribution is 2.36. The topological polar surface area (TPSA) is 46.5 Å². The van der Waals surface area contributed by atoms with E-state index in [1.54, 1.807) is 0 Å². The van der Waals surface area contributed by atoms with Gasteiger partial charge in [0.05, 0.1) is 4.91 Å². The van der Waals surface area contributed by atoms with Crippen molar-refractivity contribution in [1.82, 2.24) is 0 Å². The summed E-state index contributed by atoms with van der Waals surface area (Å²) < 4.78 is 23.6. The molecule has 1 aliphatic carbocycles. The molecule has 5 heteroatoms. The molecule has 0 bridgehead atoms. The molecular formula is C9H12BrNO2S. The monoisotopic (exact) mass is 277 g/mol. The number of hydrogen-bond acceptors (Lipinski definition) is 3. The number of rotatable bonds is 1. The van der Waals surface area contributed by atoms with Crippen LogP contribution in [0.1, 0.15) is 32.1 Å². The highest BCUT2D eigenvalue weighted by Gasteiger charge is 2.33. The lowest BCUT2D eigenvalue weighted by molar-refractivity contribution is 0.411. The van der Waals surface area contributed by atoms with Gasteiger partial charge in [0.1, 0.15) is 0 Å². The van der Waals surface area contributed by atoms with Crippen molar-refractivity contribution >= 4 is 29.7 Å². The van der Waals surface area contributed by atoms with Gasteiger partial charge in [-0.1, -0.05) is 19.3 Å². The van der Waals surface area contributed by atoms with E-state index >= 15 is 0 Å². The van der Waals surface area contributed by atoms with E-state index in [0.29, 0.717) is 4.91 Å². The molecule has 1 aliphatic heterocycles. The molecule has 1 saturated carbocycles. The van der Waals surface area contributed by atoms with E-state index in [-0.39, 0.29) is 9.87 Å². The maximum atomic E-state index is 11.7. The van der Waals surface area contributed by atoms with Crippen LogP contribution in [0.4, 0.5) is 0 Å². The minimum Gasteiger partial charge on any atom is -0.236 e. The van der Waals surface area contributed by atoms with Crippen molar-refractivity contribution in [2.24, 2.45) is 10.9 Å². The second-order valence-electron chi connectivity index (χ2n) is 3.75. The van der Waals surface area contributed by atoms with Crippen LogP contribution in [0, 0.1) is 5.92 Å². The Kier molecular flexibility index (Phi) is 2.79. The van der Waals surface area contributed by atoms with E-state index in [9.17, 15) is 8.42 Å². The van der Waals surface area contributed by atoms with Gasteiger partial charge in [-0.15, -0.1) is 0 Å². The van der Waals surface area contributed by atoms with Crippen molar-refractivity contribution in [3.8, 4) is 0 Å². The van der Waals surface area contributed by atoms with E-state index < -0.39 is 9.84 Å². The zero-order valence-electron chi connectivity index (χ0n) is 7.74. The maximum absolute atomic E-state index is 11.7. The van der Waals surface area contributed by atoms with Crippen molar-refractivity contribution in [3.05, 3.63) is 11.1 Å². The smallest absolute Gasteiger partial charge is 0.228 e. The molecule has 0 aromatic rings. The molecule has 1 heterocycles. The number of allylic oxidation sites excluding steroid dienone is 1. The third-order valence-corrected chi connectivity index (χ3v) is 5.92. The molecule has 0 N–H and O–H groups in total. The average Bonchev–Trinajstić information content (AvgIpc) is 2.44. The lowest BCUT2D eigenvalue weighted by atomic mass is 9.89. The Morgan fingerprint density at radius 1 is 1.29 bits per heavy atom. The Morgan fingerprint density at radius 3 is 2.43 bits per heavy atom. The molecule has 0 aromatic heterocycles. The largest absolute Gasteiger partial charge is 0.236 e. The number of halogens is 1. The quantitative estimate of drug-likeness (QED) is 0.740. The first-order valence-corrected chi connectivity index (χ1v) is 7.08. The van der Waals surface area contributed by atoms with Crippen molar-refractivity contribution in [1.29, 1.82) is 0 Å². The number of aliphatic imine (C=N–C) groups is 1. The van der Waals surface area contributed by atoms with Gasteiger partial charge >= 0.3 is 0 Å². The lowest BCUT2D eigenvalue weighted by Crippen LogP contribution is -2.17. The molecule has 0 amide bonds. The molecule has 0 unspecified atom stereocenters. The fraction of sp³-hybridized carbons (Fsp3) is 0.667. The van der Waals surface area contributed by atoms with Crippen molar-refractivity contribution in [2.45, 2.75) is 32.1 Å². The molecule has 78 valence electrons. The first-order valence-electron chi connectivity index (χ1n) is 4.81. The summed E-state index contributed by atoms with van der Waals surface area (Å²) in [5.74, 6) is 0.201. The summed E-state index contributed by atoms with van der Waals surface area (Å²) in [6.45, 7) is 0. The van der Waals surface area contributed by atoms with E-state index in [1.165, 1.54) is 12.6 Å². The van der Waals surface area contributed by atoms with Crippen LogP contribution in [0.15, 0.2) is 16.1 Å². The molecule has 2 aliphatic rings. The van der Waals surface area contributed by atoms with Crippen LogP contribution in [-0.2, 0) is 9.84 Å². The Balaban J connectivity index is 2.22. The van der Waals surface area contributed by atoms with Gasteiger partial charge in [0.15, 0.2) is 0 Å². The maximum Gasteiger partial charge on any atom is 0.228 e. The molecule has 1 fully saturated rings. The SMILES string of the molecule is O=S1(=O)C(C2CCCCC2)=CN=C1Br. The molecule has 0 radical (unpaired) electrons. The third kappa shape index (κ3) is 1.67. The zero-order chi connectivity index (χ0) is 10.2. The Morgan fingerprint density at radius 2 is 1.93 bits per heavy atom. The predicted molar refractivity (Wildman–Crippen MR) is 59.9 cm³/mol. The van der Waals surface area contributed by atoms with Gasteiger partial charge in [0.2, 0.25) is 13.8 Å². The first-order chi connectivity index (χ1) is 6.62. The van der Waals surface area contributed by atoms with Gasteiger partial charge in [-0.05, 0) is 34.7 Å². The minimum absolute atomic E-state index is 0.0746. The average molecular weight is 278 g/mol. The molecule has 14 heavy (non-hydrogen) atoms. The Hall–Kier alpha value is -0.160. The summed E-state index contributed by atoms with van der Waals surface area (Å²) in [7, 11) is -3.24. The fourth-order valence-corrected chi connectivity index (χ4v) is 3.98. The van der Waals surface area contributed by atoms with Crippen molar-refractivity contribution < 1.29 is 8.42 Å². The minimum atomic E-state index is -3.24. The predicted octanol–water partition coefficient (Wildman–Crippen LogP) is 2.59. The molecular weight excluding hydrogens is 266 g/mol. The Labute approximate surface area is 92.3 Å². The van der Waals surface area contributed by atoms with Crippen LogP contribution in [-0.4, -0.2) is 12.4 Å². The van der Waals surface area contributed by atoms with E-state index in [2.05, 4.69) is 20.9 Å². The van der Waals surface area contributed by atoms with Crippen LogP contribution in [0.25, 0.3) is 0 Å². The first kappa shape index (κ1) is 10.4. The standard InChI is InChI=1S/C9H12BrNO2S/c10-9-11-6-8(14(9,12)13)7-4-2-1-3-5-7/h6-7H,1-5H2. The second kappa shape index (κ2) is 3.77. The summed E-state index contributed by atoms with van der Waals surface area (Å²) in [6, 6.07) is 0. The van der Waals surface area contributed by atoms with Gasteiger partial charge in [-0.25, -0.2) is 13.4 Å².